The van der Waals surface area contributed by atoms with E-state index in [1.807, 2.05) is 23.1 Å². The van der Waals surface area contributed by atoms with Gasteiger partial charge in [0.2, 0.25) is 5.91 Å². The summed E-state index contributed by atoms with van der Waals surface area (Å²) in [5, 5.41) is 0. The summed E-state index contributed by atoms with van der Waals surface area (Å²) in [6, 6.07) is 5.96. The number of ether oxygens (including phenoxy) is 2. The number of nitrogens with zero attached hydrogens (tertiary/aromatic N) is 2. The molecule has 128 valence electrons. The number of rotatable bonds is 6. The molecule has 1 aromatic carbocycles. The summed E-state index contributed by atoms with van der Waals surface area (Å²) in [6.45, 7) is 8.46. The minimum Gasteiger partial charge on any atom is -0.497 e. The molecule has 1 aliphatic rings. The molecule has 0 aliphatic carbocycles. The first kappa shape index (κ1) is 17.6. The van der Waals surface area contributed by atoms with Gasteiger partial charge in [0.05, 0.1) is 14.2 Å². The van der Waals surface area contributed by atoms with Crippen molar-refractivity contribution in [2.24, 2.45) is 5.92 Å². The third-order valence-electron chi connectivity index (χ3n) is 4.13. The zero-order valence-corrected chi connectivity index (χ0v) is 14.7. The molecule has 5 nitrogen and oxygen atoms in total. The maximum absolute atomic E-state index is 12.1. The van der Waals surface area contributed by atoms with Crippen LogP contribution in [0.3, 0.4) is 0 Å². The first-order valence-corrected chi connectivity index (χ1v) is 8.24. The second kappa shape index (κ2) is 8.20. The predicted molar refractivity (Wildman–Crippen MR) is 90.9 cm³/mol. The van der Waals surface area contributed by atoms with Gasteiger partial charge >= 0.3 is 0 Å². The van der Waals surface area contributed by atoms with Crippen LogP contribution >= 0.6 is 0 Å². The molecule has 1 heterocycles. The van der Waals surface area contributed by atoms with Crippen molar-refractivity contribution in [3.05, 3.63) is 23.8 Å². The molecule has 2 rings (SSSR count). The van der Waals surface area contributed by atoms with Crippen molar-refractivity contribution in [2.45, 2.75) is 26.8 Å². The van der Waals surface area contributed by atoms with Gasteiger partial charge in [0.1, 0.15) is 11.5 Å². The molecule has 5 heteroatoms. The maximum atomic E-state index is 12.1. The Morgan fingerprint density at radius 2 is 1.61 bits per heavy atom. The molecule has 1 aromatic rings. The van der Waals surface area contributed by atoms with Gasteiger partial charge in [-0.2, -0.15) is 0 Å². The Kier molecular flexibility index (Phi) is 6.28. The zero-order chi connectivity index (χ0) is 16.8. The van der Waals surface area contributed by atoms with Crippen molar-refractivity contribution >= 4 is 5.91 Å². The van der Waals surface area contributed by atoms with Gasteiger partial charge in [-0.25, -0.2) is 0 Å². The van der Waals surface area contributed by atoms with Crippen LogP contribution in [-0.2, 0) is 11.3 Å². The lowest BCUT2D eigenvalue weighted by molar-refractivity contribution is -0.133. The van der Waals surface area contributed by atoms with Gasteiger partial charge in [0.25, 0.3) is 0 Å². The number of methoxy groups -OCH3 is 2. The van der Waals surface area contributed by atoms with E-state index in [1.165, 1.54) is 5.56 Å². The van der Waals surface area contributed by atoms with Crippen LogP contribution in [0.5, 0.6) is 11.5 Å². The third-order valence-corrected chi connectivity index (χ3v) is 4.13. The number of piperazine rings is 1. The first-order chi connectivity index (χ1) is 11.0. The second-order valence-corrected chi connectivity index (χ2v) is 6.48. The molecule has 0 atom stereocenters. The number of amides is 1. The Balaban J connectivity index is 1.90. The van der Waals surface area contributed by atoms with Gasteiger partial charge < -0.3 is 14.4 Å². The highest BCUT2D eigenvalue weighted by molar-refractivity contribution is 5.76. The summed E-state index contributed by atoms with van der Waals surface area (Å²) >= 11 is 0. The molecule has 23 heavy (non-hydrogen) atoms. The Hall–Kier alpha value is -1.75. The lowest BCUT2D eigenvalue weighted by atomic mass is 10.1. The fourth-order valence-electron chi connectivity index (χ4n) is 2.85. The van der Waals surface area contributed by atoms with E-state index in [2.05, 4.69) is 18.7 Å². The third kappa shape index (κ3) is 5.13. The number of hydrogen-bond acceptors (Lipinski definition) is 4. The molecule has 0 aromatic heterocycles. The van der Waals surface area contributed by atoms with E-state index in [1.54, 1.807) is 14.2 Å². The van der Waals surface area contributed by atoms with Crippen LogP contribution in [-0.4, -0.2) is 56.1 Å². The van der Waals surface area contributed by atoms with E-state index >= 15 is 0 Å². The van der Waals surface area contributed by atoms with Crippen LogP contribution in [0.4, 0.5) is 0 Å². The van der Waals surface area contributed by atoms with Crippen molar-refractivity contribution in [3.63, 3.8) is 0 Å². The van der Waals surface area contributed by atoms with Crippen molar-refractivity contribution < 1.29 is 14.3 Å². The minimum absolute atomic E-state index is 0.280. The van der Waals surface area contributed by atoms with Gasteiger partial charge in [-0.1, -0.05) is 13.8 Å². The van der Waals surface area contributed by atoms with Gasteiger partial charge in [0, 0.05) is 45.2 Å². The number of benzene rings is 1. The van der Waals surface area contributed by atoms with E-state index < -0.39 is 0 Å². The van der Waals surface area contributed by atoms with Crippen LogP contribution in [0.15, 0.2) is 18.2 Å². The quantitative estimate of drug-likeness (QED) is 0.807. The number of hydrogen-bond donors (Lipinski definition) is 0. The maximum Gasteiger partial charge on any atom is 0.222 e. The second-order valence-electron chi connectivity index (χ2n) is 6.48. The minimum atomic E-state index is 0.280. The largest absolute Gasteiger partial charge is 0.497 e. The van der Waals surface area contributed by atoms with Gasteiger partial charge in [-0.15, -0.1) is 0 Å². The van der Waals surface area contributed by atoms with Crippen LogP contribution in [0, 0.1) is 5.92 Å². The molecule has 0 radical (unpaired) electrons. The Bertz CT molecular complexity index is 501. The molecule has 0 unspecified atom stereocenters. The standard InChI is InChI=1S/C18H28N2O3/c1-14(2)9-18(21)20-7-5-19(6-8-20)13-15-10-16(22-3)12-17(11-15)23-4/h10-12,14H,5-9,13H2,1-4H3. The monoisotopic (exact) mass is 320 g/mol. The molecular formula is C18H28N2O3. The highest BCUT2D eigenvalue weighted by Gasteiger charge is 2.21. The predicted octanol–water partition coefficient (Wildman–Crippen LogP) is 2.39. The molecule has 0 saturated carbocycles. The molecule has 1 amide bonds. The van der Waals surface area contributed by atoms with Crippen LogP contribution in [0.2, 0.25) is 0 Å². The summed E-state index contributed by atoms with van der Waals surface area (Å²) < 4.78 is 10.6. The first-order valence-electron chi connectivity index (χ1n) is 8.24. The van der Waals surface area contributed by atoms with Gasteiger partial charge in [-0.3, -0.25) is 9.69 Å². The van der Waals surface area contributed by atoms with Crippen molar-refractivity contribution in [2.75, 3.05) is 40.4 Å². The van der Waals surface area contributed by atoms with Crippen LogP contribution in [0.1, 0.15) is 25.8 Å². The van der Waals surface area contributed by atoms with E-state index in [4.69, 9.17) is 9.47 Å². The van der Waals surface area contributed by atoms with Crippen molar-refractivity contribution in [1.82, 2.24) is 9.80 Å². The smallest absolute Gasteiger partial charge is 0.222 e. The number of carbonyl (C=O) groups is 1. The Morgan fingerprint density at radius 1 is 1.04 bits per heavy atom. The van der Waals surface area contributed by atoms with Crippen LogP contribution in [0.25, 0.3) is 0 Å². The summed E-state index contributed by atoms with van der Waals surface area (Å²) in [6.07, 6.45) is 0.646. The highest BCUT2D eigenvalue weighted by Crippen LogP contribution is 2.23. The highest BCUT2D eigenvalue weighted by atomic mass is 16.5. The molecule has 1 fully saturated rings. The molecule has 0 spiro atoms. The summed E-state index contributed by atoms with van der Waals surface area (Å²) in [5.41, 5.74) is 1.17. The summed E-state index contributed by atoms with van der Waals surface area (Å²) in [5.74, 6) is 2.32. The molecule has 0 bridgehead atoms. The van der Waals surface area contributed by atoms with Gasteiger partial charge in [-0.05, 0) is 23.6 Å². The fraction of sp³-hybridized carbons (Fsp3) is 0.611. The fourth-order valence-corrected chi connectivity index (χ4v) is 2.85. The summed E-state index contributed by atoms with van der Waals surface area (Å²) in [4.78, 5) is 16.5. The summed E-state index contributed by atoms with van der Waals surface area (Å²) in [7, 11) is 3.33. The Morgan fingerprint density at radius 3 is 2.09 bits per heavy atom. The average molecular weight is 320 g/mol. The molecule has 1 aliphatic heterocycles. The van der Waals surface area contributed by atoms with E-state index in [0.29, 0.717) is 12.3 Å². The van der Waals surface area contributed by atoms with E-state index in [9.17, 15) is 4.79 Å². The molecule has 0 N–H and O–H groups in total. The average Bonchev–Trinajstić information content (AvgIpc) is 2.54. The normalized spacial score (nSPS) is 15.8. The SMILES string of the molecule is COc1cc(CN2CCN(C(=O)CC(C)C)CC2)cc(OC)c1. The molecular weight excluding hydrogens is 292 g/mol. The van der Waals surface area contributed by atoms with Crippen molar-refractivity contribution in [3.8, 4) is 11.5 Å². The van der Waals surface area contributed by atoms with E-state index in [-0.39, 0.29) is 5.91 Å². The lowest BCUT2D eigenvalue weighted by Crippen LogP contribution is -2.48. The Labute approximate surface area is 139 Å². The van der Waals surface area contributed by atoms with Crippen LogP contribution < -0.4 is 9.47 Å². The lowest BCUT2D eigenvalue weighted by Gasteiger charge is -2.35. The van der Waals surface area contributed by atoms with E-state index in [0.717, 1.165) is 44.2 Å². The topological polar surface area (TPSA) is 42.0 Å². The molecule has 1 saturated heterocycles. The van der Waals surface area contributed by atoms with Gasteiger partial charge in [0.15, 0.2) is 0 Å². The number of carbonyl (C=O) groups excluding carboxylic acids is 1. The van der Waals surface area contributed by atoms with Crippen molar-refractivity contribution in [1.29, 1.82) is 0 Å². The zero-order valence-electron chi connectivity index (χ0n) is 14.7.